The van der Waals surface area contributed by atoms with Gasteiger partial charge in [-0.05, 0) is 31.5 Å². The largest absolute Gasteiger partial charge is 0.494 e. The van der Waals surface area contributed by atoms with Crippen LogP contribution in [0.2, 0.25) is 0 Å². The Bertz CT molecular complexity index is 475. The van der Waals surface area contributed by atoms with E-state index in [1.54, 1.807) is 0 Å². The first-order valence-corrected chi connectivity index (χ1v) is 8.06. The molecule has 24 heavy (non-hydrogen) atoms. The van der Waals surface area contributed by atoms with Crippen molar-refractivity contribution < 1.29 is 9.53 Å². The minimum absolute atomic E-state index is 0. The van der Waals surface area contributed by atoms with Crippen molar-refractivity contribution in [2.75, 3.05) is 32.8 Å². The van der Waals surface area contributed by atoms with Gasteiger partial charge in [-0.3, -0.25) is 9.69 Å². The first kappa shape index (κ1) is 23.0. The van der Waals surface area contributed by atoms with Crippen LogP contribution in [0.4, 0.5) is 0 Å². The molecular weight excluding hydrogens is 349 g/mol. The normalized spacial score (nSPS) is 15.9. The van der Waals surface area contributed by atoms with Crippen molar-refractivity contribution in [2.45, 2.75) is 32.9 Å². The lowest BCUT2D eigenvalue weighted by Crippen LogP contribution is -2.49. The molecule has 1 amide bonds. The number of ether oxygens (including phenoxy) is 1. The predicted octanol–water partition coefficient (Wildman–Crippen LogP) is 2.31. The number of piperazine rings is 1. The number of carbonyl (C=O) groups is 1. The van der Waals surface area contributed by atoms with Crippen LogP contribution in [-0.2, 0) is 11.3 Å². The van der Waals surface area contributed by atoms with Crippen molar-refractivity contribution in [3.63, 3.8) is 0 Å². The van der Waals surface area contributed by atoms with E-state index >= 15 is 0 Å². The summed E-state index contributed by atoms with van der Waals surface area (Å²) in [6.07, 6.45) is 0.443. The Morgan fingerprint density at radius 3 is 2.25 bits per heavy atom. The number of nitrogens with two attached hydrogens (primary N) is 1. The summed E-state index contributed by atoms with van der Waals surface area (Å²) in [4.78, 5) is 16.3. The molecular formula is C17H29Cl2N3O2. The van der Waals surface area contributed by atoms with E-state index in [0.717, 1.165) is 38.5 Å². The fourth-order valence-corrected chi connectivity index (χ4v) is 2.68. The molecule has 1 aliphatic rings. The average molecular weight is 378 g/mol. The molecule has 1 aromatic carbocycles. The second-order valence-corrected chi connectivity index (χ2v) is 5.92. The van der Waals surface area contributed by atoms with E-state index in [1.807, 2.05) is 30.9 Å². The standard InChI is InChI=1S/C17H27N3O2.2ClH/c1-3-22-16-6-4-15(5-7-16)13-19-8-10-20(11-9-19)17(21)12-14(2)18;;/h4-7,14H,3,8-13,18H2,1-2H3;2*1H. The maximum absolute atomic E-state index is 12.0. The van der Waals surface area contributed by atoms with Crippen LogP contribution in [0.1, 0.15) is 25.8 Å². The minimum atomic E-state index is -0.0608. The van der Waals surface area contributed by atoms with Crippen molar-refractivity contribution in [1.29, 1.82) is 0 Å². The molecule has 1 saturated heterocycles. The van der Waals surface area contributed by atoms with Gasteiger partial charge in [-0.25, -0.2) is 0 Å². The van der Waals surface area contributed by atoms with Crippen LogP contribution in [0, 0.1) is 0 Å². The molecule has 0 radical (unpaired) electrons. The molecule has 1 aromatic rings. The fourth-order valence-electron chi connectivity index (χ4n) is 2.68. The quantitative estimate of drug-likeness (QED) is 0.826. The highest BCUT2D eigenvalue weighted by Gasteiger charge is 2.21. The van der Waals surface area contributed by atoms with Crippen molar-refractivity contribution in [2.24, 2.45) is 5.73 Å². The maximum atomic E-state index is 12.0. The summed E-state index contributed by atoms with van der Waals surface area (Å²) in [6, 6.07) is 8.19. The molecule has 0 spiro atoms. The highest BCUT2D eigenvalue weighted by molar-refractivity contribution is 5.85. The molecule has 1 unspecified atom stereocenters. The van der Waals surface area contributed by atoms with Crippen LogP contribution in [0.15, 0.2) is 24.3 Å². The number of nitrogens with zero attached hydrogens (tertiary/aromatic N) is 2. The van der Waals surface area contributed by atoms with Crippen LogP contribution in [0.5, 0.6) is 5.75 Å². The summed E-state index contributed by atoms with van der Waals surface area (Å²) in [7, 11) is 0. The Morgan fingerprint density at radius 1 is 1.17 bits per heavy atom. The molecule has 1 atom stereocenters. The molecule has 0 aromatic heterocycles. The molecule has 1 aliphatic heterocycles. The lowest BCUT2D eigenvalue weighted by molar-refractivity contribution is -0.133. The van der Waals surface area contributed by atoms with Crippen molar-refractivity contribution in [3.05, 3.63) is 29.8 Å². The van der Waals surface area contributed by atoms with Crippen LogP contribution in [0.3, 0.4) is 0 Å². The van der Waals surface area contributed by atoms with E-state index in [9.17, 15) is 4.79 Å². The van der Waals surface area contributed by atoms with Crippen LogP contribution >= 0.6 is 24.8 Å². The number of carbonyl (C=O) groups excluding carboxylic acids is 1. The van der Waals surface area contributed by atoms with Crippen LogP contribution in [-0.4, -0.2) is 54.5 Å². The molecule has 1 heterocycles. The number of halogens is 2. The van der Waals surface area contributed by atoms with Gasteiger partial charge < -0.3 is 15.4 Å². The van der Waals surface area contributed by atoms with E-state index in [2.05, 4.69) is 17.0 Å². The Hall–Kier alpha value is -1.01. The third-order valence-electron chi connectivity index (χ3n) is 3.86. The van der Waals surface area contributed by atoms with Gasteiger partial charge in [0.1, 0.15) is 5.75 Å². The Balaban J connectivity index is 0.00000264. The van der Waals surface area contributed by atoms with Gasteiger partial charge in [-0.15, -0.1) is 24.8 Å². The van der Waals surface area contributed by atoms with E-state index in [4.69, 9.17) is 10.5 Å². The lowest BCUT2D eigenvalue weighted by Gasteiger charge is -2.35. The Morgan fingerprint density at radius 2 is 1.75 bits per heavy atom. The third kappa shape index (κ3) is 7.26. The van der Waals surface area contributed by atoms with Gasteiger partial charge in [-0.2, -0.15) is 0 Å². The third-order valence-corrected chi connectivity index (χ3v) is 3.86. The predicted molar refractivity (Wildman–Crippen MR) is 102 cm³/mol. The average Bonchev–Trinajstić information content (AvgIpc) is 2.49. The molecule has 0 saturated carbocycles. The van der Waals surface area contributed by atoms with E-state index in [0.29, 0.717) is 13.0 Å². The topological polar surface area (TPSA) is 58.8 Å². The van der Waals surface area contributed by atoms with E-state index in [-0.39, 0.29) is 36.8 Å². The van der Waals surface area contributed by atoms with Crippen molar-refractivity contribution in [1.82, 2.24) is 9.80 Å². The summed E-state index contributed by atoms with van der Waals surface area (Å²) in [5.74, 6) is 1.09. The number of hydrogen-bond donors (Lipinski definition) is 1. The summed E-state index contributed by atoms with van der Waals surface area (Å²) >= 11 is 0. The fraction of sp³-hybridized carbons (Fsp3) is 0.588. The van der Waals surface area contributed by atoms with Crippen molar-refractivity contribution >= 4 is 30.7 Å². The van der Waals surface area contributed by atoms with Crippen LogP contribution in [0.25, 0.3) is 0 Å². The molecule has 2 N–H and O–H groups in total. The zero-order valence-electron chi connectivity index (χ0n) is 14.4. The SMILES string of the molecule is CCOc1ccc(CN2CCN(C(=O)CC(C)N)CC2)cc1.Cl.Cl. The van der Waals surface area contributed by atoms with Gasteiger partial charge >= 0.3 is 0 Å². The summed E-state index contributed by atoms with van der Waals surface area (Å²) < 4.78 is 5.45. The van der Waals surface area contributed by atoms with E-state index < -0.39 is 0 Å². The number of rotatable bonds is 6. The van der Waals surface area contributed by atoms with Gasteiger partial charge in [0.25, 0.3) is 0 Å². The second-order valence-electron chi connectivity index (χ2n) is 5.92. The summed E-state index contributed by atoms with van der Waals surface area (Å²) in [5, 5.41) is 0. The smallest absolute Gasteiger partial charge is 0.224 e. The first-order chi connectivity index (χ1) is 10.6. The Kier molecular flexibility index (Phi) is 11.0. The molecule has 0 bridgehead atoms. The molecule has 5 nitrogen and oxygen atoms in total. The molecule has 138 valence electrons. The summed E-state index contributed by atoms with van der Waals surface area (Å²) in [6.45, 7) is 8.89. The molecule has 1 fully saturated rings. The van der Waals surface area contributed by atoms with Gasteiger partial charge in [0.05, 0.1) is 6.61 Å². The zero-order chi connectivity index (χ0) is 15.9. The number of amides is 1. The number of benzene rings is 1. The highest BCUT2D eigenvalue weighted by atomic mass is 35.5. The van der Waals surface area contributed by atoms with Gasteiger partial charge in [-0.1, -0.05) is 12.1 Å². The molecule has 2 rings (SSSR count). The van der Waals surface area contributed by atoms with Gasteiger partial charge in [0.2, 0.25) is 5.91 Å². The summed E-state index contributed by atoms with van der Waals surface area (Å²) in [5.41, 5.74) is 6.97. The lowest BCUT2D eigenvalue weighted by atomic mass is 10.1. The van der Waals surface area contributed by atoms with Gasteiger partial charge in [0, 0.05) is 45.2 Å². The minimum Gasteiger partial charge on any atom is -0.494 e. The molecule has 0 aliphatic carbocycles. The van der Waals surface area contributed by atoms with Crippen molar-refractivity contribution in [3.8, 4) is 5.75 Å². The van der Waals surface area contributed by atoms with Crippen LogP contribution < -0.4 is 10.5 Å². The highest BCUT2D eigenvalue weighted by Crippen LogP contribution is 2.15. The zero-order valence-corrected chi connectivity index (χ0v) is 16.1. The second kappa shape index (κ2) is 11.5. The monoisotopic (exact) mass is 377 g/mol. The number of hydrogen-bond acceptors (Lipinski definition) is 4. The van der Waals surface area contributed by atoms with Gasteiger partial charge in [0.15, 0.2) is 0 Å². The molecule has 7 heteroatoms. The Labute approximate surface area is 157 Å². The first-order valence-electron chi connectivity index (χ1n) is 8.06. The maximum Gasteiger partial charge on any atom is 0.224 e. The van der Waals surface area contributed by atoms with E-state index in [1.165, 1.54) is 5.56 Å².